The highest BCUT2D eigenvalue weighted by molar-refractivity contribution is 5.38. The van der Waals surface area contributed by atoms with Crippen LogP contribution >= 0.6 is 0 Å². The Morgan fingerprint density at radius 3 is 2.81 bits per heavy atom. The van der Waals surface area contributed by atoms with Crippen molar-refractivity contribution >= 4 is 0 Å². The van der Waals surface area contributed by atoms with E-state index in [1.807, 2.05) is 0 Å². The first-order valence-electron chi connectivity index (χ1n) is 7.40. The monoisotopic (exact) mass is 287 g/mol. The maximum absolute atomic E-state index is 13.8. The predicted octanol–water partition coefficient (Wildman–Crippen LogP) is 3.80. The molecule has 0 saturated heterocycles. The Morgan fingerprint density at radius 2 is 2.00 bits per heavy atom. The van der Waals surface area contributed by atoms with Crippen LogP contribution in [0, 0.1) is 11.6 Å². The number of rotatable bonds is 2. The van der Waals surface area contributed by atoms with Gasteiger partial charge >= 0.3 is 0 Å². The van der Waals surface area contributed by atoms with Crippen LogP contribution in [0.5, 0.6) is 0 Å². The third-order valence-corrected chi connectivity index (χ3v) is 4.17. The third kappa shape index (κ3) is 3.13. The second-order valence-electron chi connectivity index (χ2n) is 5.80. The van der Waals surface area contributed by atoms with E-state index in [0.29, 0.717) is 17.9 Å². The van der Waals surface area contributed by atoms with E-state index in [1.165, 1.54) is 23.3 Å². The SMILES string of the molecule is CC1CNCCc2ccc(Cc3ccc(F)cc3F)cc21. The molecule has 0 fully saturated rings. The van der Waals surface area contributed by atoms with Crippen LogP contribution in [0.3, 0.4) is 0 Å². The Morgan fingerprint density at radius 1 is 1.14 bits per heavy atom. The summed E-state index contributed by atoms with van der Waals surface area (Å²) in [5.74, 6) is -0.543. The highest BCUT2D eigenvalue weighted by Crippen LogP contribution is 2.25. The molecule has 0 radical (unpaired) electrons. The van der Waals surface area contributed by atoms with Crippen LogP contribution in [0.15, 0.2) is 36.4 Å². The molecule has 0 aliphatic carbocycles. The van der Waals surface area contributed by atoms with Crippen LogP contribution in [0.1, 0.15) is 35.1 Å². The Labute approximate surface area is 124 Å². The lowest BCUT2D eigenvalue weighted by atomic mass is 9.91. The summed E-state index contributed by atoms with van der Waals surface area (Å²) >= 11 is 0. The van der Waals surface area contributed by atoms with Gasteiger partial charge in [-0.15, -0.1) is 0 Å². The van der Waals surface area contributed by atoms with Crippen molar-refractivity contribution in [3.63, 3.8) is 0 Å². The topological polar surface area (TPSA) is 12.0 Å². The summed E-state index contributed by atoms with van der Waals surface area (Å²) in [6, 6.07) is 10.2. The van der Waals surface area contributed by atoms with E-state index in [0.717, 1.165) is 31.1 Å². The lowest BCUT2D eigenvalue weighted by molar-refractivity contribution is 0.574. The van der Waals surface area contributed by atoms with Crippen molar-refractivity contribution < 1.29 is 8.78 Å². The molecule has 1 unspecified atom stereocenters. The van der Waals surface area contributed by atoms with Crippen LogP contribution in [-0.2, 0) is 12.8 Å². The van der Waals surface area contributed by atoms with Gasteiger partial charge in [0.25, 0.3) is 0 Å². The van der Waals surface area contributed by atoms with Crippen molar-refractivity contribution in [3.05, 3.63) is 70.3 Å². The zero-order valence-corrected chi connectivity index (χ0v) is 12.1. The van der Waals surface area contributed by atoms with Crippen LogP contribution < -0.4 is 5.32 Å². The number of nitrogens with one attached hydrogen (secondary N) is 1. The van der Waals surface area contributed by atoms with Gasteiger partial charge in [0.15, 0.2) is 0 Å². The Balaban J connectivity index is 1.89. The van der Waals surface area contributed by atoms with Crippen LogP contribution in [0.2, 0.25) is 0 Å². The van der Waals surface area contributed by atoms with Gasteiger partial charge in [-0.05, 0) is 47.2 Å². The smallest absolute Gasteiger partial charge is 0.129 e. The average Bonchev–Trinajstić information content (AvgIpc) is 2.64. The van der Waals surface area contributed by atoms with E-state index in [-0.39, 0.29) is 0 Å². The standard InChI is InChI=1S/C18H19F2N/c1-12-11-21-7-6-14-3-2-13(9-17(12)14)8-15-4-5-16(19)10-18(15)20/h2-5,9-10,12,21H,6-8,11H2,1H3. The molecule has 1 heterocycles. The van der Waals surface area contributed by atoms with Gasteiger partial charge < -0.3 is 5.32 Å². The molecule has 1 N–H and O–H groups in total. The van der Waals surface area contributed by atoms with Crippen molar-refractivity contribution in [3.8, 4) is 0 Å². The van der Waals surface area contributed by atoms with Gasteiger partial charge in [0.1, 0.15) is 11.6 Å². The highest BCUT2D eigenvalue weighted by Gasteiger charge is 2.15. The minimum Gasteiger partial charge on any atom is -0.316 e. The molecule has 110 valence electrons. The summed E-state index contributed by atoms with van der Waals surface area (Å²) < 4.78 is 26.7. The van der Waals surface area contributed by atoms with Crippen molar-refractivity contribution in [1.82, 2.24) is 5.32 Å². The molecule has 0 spiro atoms. The quantitative estimate of drug-likeness (QED) is 0.886. The largest absolute Gasteiger partial charge is 0.316 e. The summed E-state index contributed by atoms with van der Waals surface area (Å²) in [5, 5.41) is 3.43. The Hall–Kier alpha value is -1.74. The minimum absolute atomic E-state index is 0.459. The number of fused-ring (bicyclic) bond motifs is 1. The molecule has 1 aliphatic heterocycles. The van der Waals surface area contributed by atoms with Gasteiger partial charge in [0, 0.05) is 19.0 Å². The highest BCUT2D eigenvalue weighted by atomic mass is 19.1. The average molecular weight is 287 g/mol. The zero-order valence-electron chi connectivity index (χ0n) is 12.1. The van der Waals surface area contributed by atoms with Gasteiger partial charge in [-0.25, -0.2) is 8.78 Å². The summed E-state index contributed by atoms with van der Waals surface area (Å²) in [7, 11) is 0. The molecule has 0 aromatic heterocycles. The molecule has 1 aliphatic rings. The van der Waals surface area contributed by atoms with E-state index in [4.69, 9.17) is 0 Å². The first-order chi connectivity index (χ1) is 10.1. The molecule has 3 heteroatoms. The predicted molar refractivity (Wildman–Crippen MR) is 80.6 cm³/mol. The lowest BCUT2D eigenvalue weighted by Gasteiger charge is -2.14. The molecule has 0 saturated carbocycles. The molecular weight excluding hydrogens is 268 g/mol. The molecule has 1 atom stereocenters. The number of hydrogen-bond donors (Lipinski definition) is 1. The van der Waals surface area contributed by atoms with E-state index in [2.05, 4.69) is 30.4 Å². The second-order valence-corrected chi connectivity index (χ2v) is 5.80. The van der Waals surface area contributed by atoms with Crippen LogP contribution in [0.4, 0.5) is 8.78 Å². The van der Waals surface area contributed by atoms with E-state index in [9.17, 15) is 8.78 Å². The van der Waals surface area contributed by atoms with Gasteiger partial charge in [-0.1, -0.05) is 31.2 Å². The summed E-state index contributed by atoms with van der Waals surface area (Å²) in [6.07, 6.45) is 1.53. The van der Waals surface area contributed by atoms with Crippen molar-refractivity contribution in [2.24, 2.45) is 0 Å². The molecular formula is C18H19F2N. The summed E-state index contributed by atoms with van der Waals surface area (Å²) in [6.45, 7) is 4.18. The van der Waals surface area contributed by atoms with Gasteiger partial charge in [0.05, 0.1) is 0 Å². The van der Waals surface area contributed by atoms with Crippen LogP contribution in [-0.4, -0.2) is 13.1 Å². The normalized spacial score (nSPS) is 18.1. The molecule has 2 aromatic rings. The summed E-state index contributed by atoms with van der Waals surface area (Å²) in [4.78, 5) is 0. The maximum atomic E-state index is 13.8. The fraction of sp³-hybridized carbons (Fsp3) is 0.333. The first-order valence-corrected chi connectivity index (χ1v) is 7.40. The van der Waals surface area contributed by atoms with Crippen molar-refractivity contribution in [2.45, 2.75) is 25.7 Å². The van der Waals surface area contributed by atoms with Crippen LogP contribution in [0.25, 0.3) is 0 Å². The number of hydrogen-bond acceptors (Lipinski definition) is 1. The Bertz CT molecular complexity index is 652. The second kappa shape index (κ2) is 5.94. The minimum atomic E-state index is -0.530. The number of benzene rings is 2. The maximum Gasteiger partial charge on any atom is 0.129 e. The Kier molecular flexibility index (Phi) is 4.02. The van der Waals surface area contributed by atoms with Gasteiger partial charge in [-0.2, -0.15) is 0 Å². The molecule has 21 heavy (non-hydrogen) atoms. The zero-order chi connectivity index (χ0) is 14.8. The molecule has 0 bridgehead atoms. The fourth-order valence-electron chi connectivity index (χ4n) is 2.98. The van der Waals surface area contributed by atoms with Gasteiger partial charge in [0.2, 0.25) is 0 Å². The molecule has 0 amide bonds. The third-order valence-electron chi connectivity index (χ3n) is 4.17. The molecule has 1 nitrogen and oxygen atoms in total. The van der Waals surface area contributed by atoms with E-state index in [1.54, 1.807) is 0 Å². The molecule has 3 rings (SSSR count). The van der Waals surface area contributed by atoms with E-state index >= 15 is 0 Å². The lowest BCUT2D eigenvalue weighted by Crippen LogP contribution is -2.18. The van der Waals surface area contributed by atoms with E-state index < -0.39 is 11.6 Å². The summed E-state index contributed by atoms with van der Waals surface area (Å²) in [5.41, 5.74) is 4.33. The van der Waals surface area contributed by atoms with Crippen molar-refractivity contribution in [2.75, 3.05) is 13.1 Å². The molecule has 2 aromatic carbocycles. The first kappa shape index (κ1) is 14.2. The fourth-order valence-corrected chi connectivity index (χ4v) is 2.98. The van der Waals surface area contributed by atoms with Gasteiger partial charge in [-0.3, -0.25) is 0 Å². The van der Waals surface area contributed by atoms with Crippen molar-refractivity contribution in [1.29, 1.82) is 0 Å². The number of halogens is 2.